The summed E-state index contributed by atoms with van der Waals surface area (Å²) in [5.41, 5.74) is 0.810. The van der Waals surface area contributed by atoms with Gasteiger partial charge in [0.1, 0.15) is 5.76 Å². The minimum absolute atomic E-state index is 0. The molecule has 2 saturated heterocycles. The summed E-state index contributed by atoms with van der Waals surface area (Å²) in [6, 6.07) is 12.0. The quantitative estimate of drug-likeness (QED) is 0.873. The van der Waals surface area contributed by atoms with Crippen LogP contribution >= 0.6 is 24.0 Å². The van der Waals surface area contributed by atoms with Gasteiger partial charge < -0.3 is 14.6 Å². The lowest BCUT2D eigenvalue weighted by Gasteiger charge is -2.23. The molecular formula is C18H20Cl2N2O2. The molecule has 2 bridgehead atoms. The summed E-state index contributed by atoms with van der Waals surface area (Å²) in [7, 11) is 0. The molecule has 6 heteroatoms. The number of hydrogen-bond donors (Lipinski definition) is 1. The molecule has 0 spiro atoms. The topological polar surface area (TPSA) is 45.5 Å². The third kappa shape index (κ3) is 3.32. The maximum absolute atomic E-state index is 12.7. The van der Waals surface area contributed by atoms with Crippen LogP contribution in [0.5, 0.6) is 0 Å². The number of likely N-dealkylation sites (tertiary alicyclic amines) is 1. The van der Waals surface area contributed by atoms with Crippen LogP contribution in [-0.2, 0) is 0 Å². The van der Waals surface area contributed by atoms with E-state index in [4.69, 9.17) is 16.0 Å². The number of furan rings is 1. The number of carbonyl (C=O) groups excluding carboxylic acids is 1. The highest BCUT2D eigenvalue weighted by Gasteiger charge is 2.32. The van der Waals surface area contributed by atoms with Crippen molar-refractivity contribution in [2.45, 2.75) is 31.3 Å². The first-order valence-corrected chi connectivity index (χ1v) is 8.48. The molecule has 1 aromatic heterocycles. The molecule has 0 aliphatic carbocycles. The van der Waals surface area contributed by atoms with Crippen molar-refractivity contribution in [2.75, 3.05) is 13.1 Å². The van der Waals surface area contributed by atoms with Crippen molar-refractivity contribution in [1.29, 1.82) is 0 Å². The van der Waals surface area contributed by atoms with E-state index < -0.39 is 0 Å². The van der Waals surface area contributed by atoms with E-state index in [1.807, 2.05) is 35.2 Å². The molecule has 0 saturated carbocycles. The largest absolute Gasteiger partial charge is 0.451 e. The Morgan fingerprint density at radius 1 is 1.12 bits per heavy atom. The van der Waals surface area contributed by atoms with Gasteiger partial charge >= 0.3 is 0 Å². The van der Waals surface area contributed by atoms with Crippen LogP contribution in [0.4, 0.5) is 0 Å². The van der Waals surface area contributed by atoms with Crippen molar-refractivity contribution in [3.05, 3.63) is 47.2 Å². The Kier molecular flexibility index (Phi) is 5.18. The summed E-state index contributed by atoms with van der Waals surface area (Å²) in [6.07, 6.45) is 3.39. The maximum atomic E-state index is 12.7. The Hall–Kier alpha value is -1.49. The van der Waals surface area contributed by atoms with Crippen LogP contribution in [0.2, 0.25) is 5.02 Å². The van der Waals surface area contributed by atoms with Crippen LogP contribution in [0.1, 0.15) is 29.8 Å². The average molecular weight is 367 g/mol. The fourth-order valence-corrected chi connectivity index (χ4v) is 3.77. The SMILES string of the molecule is Cl.O=C(c1ccc(-c2ccccc2Cl)o1)N1CCC2CCC(C1)N2. The Labute approximate surface area is 152 Å². The van der Waals surface area contributed by atoms with E-state index in [0.717, 1.165) is 31.5 Å². The van der Waals surface area contributed by atoms with Crippen LogP contribution in [-0.4, -0.2) is 36.0 Å². The molecule has 0 radical (unpaired) electrons. The third-order valence-electron chi connectivity index (χ3n) is 4.77. The second kappa shape index (κ2) is 7.18. The predicted molar refractivity (Wildman–Crippen MR) is 96.9 cm³/mol. The summed E-state index contributed by atoms with van der Waals surface area (Å²) in [5.74, 6) is 0.990. The molecule has 24 heavy (non-hydrogen) atoms. The molecule has 1 amide bonds. The summed E-state index contributed by atoms with van der Waals surface area (Å²) >= 11 is 6.20. The lowest BCUT2D eigenvalue weighted by atomic mass is 10.1. The highest BCUT2D eigenvalue weighted by molar-refractivity contribution is 6.33. The highest BCUT2D eigenvalue weighted by atomic mass is 35.5. The first-order valence-electron chi connectivity index (χ1n) is 8.11. The minimum Gasteiger partial charge on any atom is -0.451 e. The second-order valence-electron chi connectivity index (χ2n) is 6.32. The zero-order valence-electron chi connectivity index (χ0n) is 13.2. The molecule has 2 atom stereocenters. The van der Waals surface area contributed by atoms with E-state index in [2.05, 4.69) is 5.32 Å². The monoisotopic (exact) mass is 366 g/mol. The molecule has 4 nitrogen and oxygen atoms in total. The van der Waals surface area contributed by atoms with Gasteiger partial charge in [-0.1, -0.05) is 23.7 Å². The molecule has 128 valence electrons. The zero-order valence-corrected chi connectivity index (χ0v) is 14.8. The molecule has 2 aliphatic heterocycles. The molecule has 3 heterocycles. The summed E-state index contributed by atoms with van der Waals surface area (Å²) in [4.78, 5) is 14.6. The summed E-state index contributed by atoms with van der Waals surface area (Å²) in [5, 5.41) is 4.21. The van der Waals surface area contributed by atoms with Crippen molar-refractivity contribution < 1.29 is 9.21 Å². The average Bonchev–Trinajstić information content (AvgIpc) is 3.14. The van der Waals surface area contributed by atoms with Gasteiger partial charge in [0.25, 0.3) is 5.91 Å². The Balaban J connectivity index is 0.00000169. The molecule has 2 aliphatic rings. The fraction of sp³-hybridized carbons (Fsp3) is 0.389. The predicted octanol–water partition coefficient (Wildman–Crippen LogP) is 3.99. The van der Waals surface area contributed by atoms with E-state index in [1.165, 1.54) is 6.42 Å². The van der Waals surface area contributed by atoms with E-state index in [9.17, 15) is 4.79 Å². The normalized spacial score (nSPS) is 22.8. The molecule has 2 unspecified atom stereocenters. The van der Waals surface area contributed by atoms with Gasteiger partial charge in [0.15, 0.2) is 5.76 Å². The number of carbonyl (C=O) groups is 1. The summed E-state index contributed by atoms with van der Waals surface area (Å²) in [6.45, 7) is 1.55. The third-order valence-corrected chi connectivity index (χ3v) is 5.10. The number of nitrogens with zero attached hydrogens (tertiary/aromatic N) is 1. The van der Waals surface area contributed by atoms with Gasteiger partial charge in [0.05, 0.1) is 5.02 Å². The van der Waals surface area contributed by atoms with E-state index >= 15 is 0 Å². The van der Waals surface area contributed by atoms with Crippen molar-refractivity contribution in [1.82, 2.24) is 10.2 Å². The molecule has 1 N–H and O–H groups in total. The van der Waals surface area contributed by atoms with Gasteiger partial charge in [-0.25, -0.2) is 0 Å². The van der Waals surface area contributed by atoms with E-state index in [1.54, 1.807) is 6.07 Å². The number of benzene rings is 1. The number of rotatable bonds is 2. The highest BCUT2D eigenvalue weighted by Crippen LogP contribution is 2.30. The minimum atomic E-state index is -0.0300. The van der Waals surface area contributed by atoms with Crippen molar-refractivity contribution in [3.8, 4) is 11.3 Å². The first kappa shape index (κ1) is 17.3. The van der Waals surface area contributed by atoms with Crippen LogP contribution in [0, 0.1) is 0 Å². The van der Waals surface area contributed by atoms with Crippen molar-refractivity contribution >= 4 is 29.9 Å². The Morgan fingerprint density at radius 2 is 1.92 bits per heavy atom. The van der Waals surface area contributed by atoms with Crippen LogP contribution in [0.25, 0.3) is 11.3 Å². The fourth-order valence-electron chi connectivity index (χ4n) is 3.54. The van der Waals surface area contributed by atoms with Crippen LogP contribution < -0.4 is 5.32 Å². The lowest BCUT2D eigenvalue weighted by molar-refractivity contribution is 0.0717. The number of halogens is 2. The van der Waals surface area contributed by atoms with Gasteiger partial charge in [-0.15, -0.1) is 12.4 Å². The van der Waals surface area contributed by atoms with Crippen LogP contribution in [0.3, 0.4) is 0 Å². The first-order chi connectivity index (χ1) is 11.2. The zero-order chi connectivity index (χ0) is 15.8. The van der Waals surface area contributed by atoms with Crippen LogP contribution in [0.15, 0.2) is 40.8 Å². The smallest absolute Gasteiger partial charge is 0.289 e. The van der Waals surface area contributed by atoms with Gasteiger partial charge in [0, 0.05) is 30.7 Å². The molecule has 2 fully saturated rings. The van der Waals surface area contributed by atoms with Gasteiger partial charge in [-0.05, 0) is 43.5 Å². The van der Waals surface area contributed by atoms with Gasteiger partial charge in [-0.2, -0.15) is 0 Å². The van der Waals surface area contributed by atoms with E-state index in [0.29, 0.717) is 28.6 Å². The van der Waals surface area contributed by atoms with E-state index in [-0.39, 0.29) is 18.3 Å². The second-order valence-corrected chi connectivity index (χ2v) is 6.73. The van der Waals surface area contributed by atoms with Gasteiger partial charge in [-0.3, -0.25) is 4.79 Å². The van der Waals surface area contributed by atoms with Crippen molar-refractivity contribution in [2.24, 2.45) is 0 Å². The summed E-state index contributed by atoms with van der Waals surface area (Å²) < 4.78 is 5.79. The molecule has 2 aromatic rings. The number of nitrogens with one attached hydrogen (secondary N) is 1. The Morgan fingerprint density at radius 3 is 2.75 bits per heavy atom. The number of amides is 1. The van der Waals surface area contributed by atoms with Crippen molar-refractivity contribution in [3.63, 3.8) is 0 Å². The number of fused-ring (bicyclic) bond motifs is 2. The molecule has 1 aromatic carbocycles. The molecular weight excluding hydrogens is 347 g/mol. The number of hydrogen-bond acceptors (Lipinski definition) is 3. The Bertz CT molecular complexity index is 731. The lowest BCUT2D eigenvalue weighted by Crippen LogP contribution is -2.38. The standard InChI is InChI=1S/C18H19ClN2O2.ClH/c19-15-4-2-1-3-14(15)16-7-8-17(23-16)18(22)21-10-9-12-5-6-13(11-21)20-12;/h1-4,7-8,12-13,20H,5-6,9-11H2;1H. The van der Waals surface area contributed by atoms with Gasteiger partial charge in [0.2, 0.25) is 0 Å². The molecule has 4 rings (SSSR count). The maximum Gasteiger partial charge on any atom is 0.289 e.